The lowest BCUT2D eigenvalue weighted by molar-refractivity contribution is 0.183. The zero-order valence-electron chi connectivity index (χ0n) is 14.2. The van der Waals surface area contributed by atoms with Gasteiger partial charge in [0.25, 0.3) is 0 Å². The third kappa shape index (κ3) is 3.90. The predicted molar refractivity (Wildman–Crippen MR) is 98.0 cm³/mol. The van der Waals surface area contributed by atoms with Crippen molar-refractivity contribution in [2.45, 2.75) is 19.9 Å². The number of likely N-dealkylation sites (tertiary alicyclic amines) is 2. The third-order valence-electron chi connectivity index (χ3n) is 5.95. The number of rotatable bonds is 4. The largest absolute Gasteiger partial charge is 0.316 e. The topological polar surface area (TPSA) is 18.5 Å². The summed E-state index contributed by atoms with van der Waals surface area (Å²) in [6.07, 6.45) is 1.35. The molecule has 3 fully saturated rings. The van der Waals surface area contributed by atoms with Crippen molar-refractivity contribution in [2.75, 3.05) is 45.8 Å². The smallest absolute Gasteiger partial charge is 0.0233 e. The van der Waals surface area contributed by atoms with E-state index in [1.165, 1.54) is 57.8 Å². The zero-order valence-corrected chi connectivity index (χ0v) is 15.0. The quantitative estimate of drug-likeness (QED) is 0.912. The molecule has 4 heteroatoms. The van der Waals surface area contributed by atoms with E-state index in [9.17, 15) is 0 Å². The molecular formula is C19H30ClN3. The Morgan fingerprint density at radius 3 is 2.30 bits per heavy atom. The highest BCUT2D eigenvalue weighted by molar-refractivity contribution is 5.85. The van der Waals surface area contributed by atoms with Crippen molar-refractivity contribution in [2.24, 2.45) is 17.3 Å². The summed E-state index contributed by atoms with van der Waals surface area (Å²) in [4.78, 5) is 5.42. The van der Waals surface area contributed by atoms with Crippen LogP contribution in [0.5, 0.6) is 0 Å². The zero-order chi connectivity index (χ0) is 15.0. The van der Waals surface area contributed by atoms with Crippen LogP contribution in [0.4, 0.5) is 0 Å². The van der Waals surface area contributed by atoms with Crippen LogP contribution in [0.1, 0.15) is 18.9 Å². The maximum Gasteiger partial charge on any atom is 0.0233 e. The molecule has 3 saturated heterocycles. The van der Waals surface area contributed by atoms with Crippen molar-refractivity contribution in [3.63, 3.8) is 0 Å². The Balaban J connectivity index is 0.00000156. The molecule has 0 saturated carbocycles. The average molecular weight is 336 g/mol. The van der Waals surface area contributed by atoms with Gasteiger partial charge in [-0.15, -0.1) is 12.4 Å². The average Bonchev–Trinajstić information content (AvgIpc) is 3.15. The number of nitrogens with zero attached hydrogens (tertiary/aromatic N) is 2. The first kappa shape index (κ1) is 17.2. The summed E-state index contributed by atoms with van der Waals surface area (Å²) in [5.41, 5.74) is 1.98. The Morgan fingerprint density at radius 2 is 1.70 bits per heavy atom. The van der Waals surface area contributed by atoms with Gasteiger partial charge in [0.2, 0.25) is 0 Å². The third-order valence-corrected chi connectivity index (χ3v) is 5.95. The van der Waals surface area contributed by atoms with Gasteiger partial charge in [0.15, 0.2) is 0 Å². The maximum absolute atomic E-state index is 3.54. The van der Waals surface area contributed by atoms with Gasteiger partial charge in [-0.05, 0) is 35.8 Å². The van der Waals surface area contributed by atoms with Gasteiger partial charge in [-0.25, -0.2) is 0 Å². The number of hydrogen-bond acceptors (Lipinski definition) is 3. The van der Waals surface area contributed by atoms with Gasteiger partial charge >= 0.3 is 0 Å². The molecule has 0 aliphatic carbocycles. The Labute approximate surface area is 146 Å². The monoisotopic (exact) mass is 335 g/mol. The van der Waals surface area contributed by atoms with Crippen molar-refractivity contribution < 1.29 is 0 Å². The number of halogens is 1. The summed E-state index contributed by atoms with van der Waals surface area (Å²) < 4.78 is 0. The maximum atomic E-state index is 3.54. The first-order valence-corrected chi connectivity index (χ1v) is 8.90. The van der Waals surface area contributed by atoms with Crippen molar-refractivity contribution in [3.8, 4) is 0 Å². The molecule has 0 amide bonds. The van der Waals surface area contributed by atoms with Crippen LogP contribution >= 0.6 is 12.4 Å². The summed E-state index contributed by atoms with van der Waals surface area (Å²) in [5, 5.41) is 3.54. The molecule has 0 spiro atoms. The lowest BCUT2D eigenvalue weighted by Crippen LogP contribution is -2.38. The number of benzene rings is 1. The minimum atomic E-state index is 0. The summed E-state index contributed by atoms with van der Waals surface area (Å²) in [6.45, 7) is 12.6. The predicted octanol–water partition coefficient (Wildman–Crippen LogP) is 2.47. The molecule has 128 valence electrons. The van der Waals surface area contributed by atoms with Gasteiger partial charge < -0.3 is 10.2 Å². The molecule has 4 rings (SSSR count). The Bertz CT molecular complexity index is 487. The van der Waals surface area contributed by atoms with Crippen LogP contribution in [-0.4, -0.2) is 55.6 Å². The summed E-state index contributed by atoms with van der Waals surface area (Å²) >= 11 is 0. The van der Waals surface area contributed by atoms with Gasteiger partial charge in [-0.2, -0.15) is 0 Å². The second-order valence-electron chi connectivity index (χ2n) is 8.13. The summed E-state index contributed by atoms with van der Waals surface area (Å²) in [5.74, 6) is 1.81. The minimum Gasteiger partial charge on any atom is -0.316 e. The number of hydrogen-bond donors (Lipinski definition) is 1. The minimum absolute atomic E-state index is 0. The van der Waals surface area contributed by atoms with E-state index >= 15 is 0 Å². The van der Waals surface area contributed by atoms with Crippen molar-refractivity contribution in [3.05, 3.63) is 35.9 Å². The van der Waals surface area contributed by atoms with Crippen molar-refractivity contribution >= 4 is 12.4 Å². The molecule has 3 heterocycles. The molecule has 3 atom stereocenters. The first-order valence-electron chi connectivity index (χ1n) is 8.90. The van der Waals surface area contributed by atoms with Gasteiger partial charge in [-0.3, -0.25) is 4.90 Å². The second-order valence-corrected chi connectivity index (χ2v) is 8.13. The SMILES string of the molecule is CC1(CN2C[C@H]3CN(Cc4ccccc4)C[C@H]3C2)CCNC1.Cl. The lowest BCUT2D eigenvalue weighted by atomic mass is 9.89. The van der Waals surface area contributed by atoms with Gasteiger partial charge in [-0.1, -0.05) is 37.3 Å². The molecule has 3 aliphatic rings. The fourth-order valence-corrected chi connectivity index (χ4v) is 4.83. The molecule has 0 radical (unpaired) electrons. The van der Waals surface area contributed by atoms with E-state index in [0.29, 0.717) is 5.41 Å². The fraction of sp³-hybridized carbons (Fsp3) is 0.684. The van der Waals surface area contributed by atoms with Crippen molar-refractivity contribution in [1.29, 1.82) is 0 Å². The van der Waals surface area contributed by atoms with Gasteiger partial charge in [0.1, 0.15) is 0 Å². The van der Waals surface area contributed by atoms with E-state index in [1.54, 1.807) is 0 Å². The summed E-state index contributed by atoms with van der Waals surface area (Å²) in [6, 6.07) is 10.9. The van der Waals surface area contributed by atoms with Gasteiger partial charge in [0.05, 0.1) is 0 Å². The van der Waals surface area contributed by atoms with Crippen LogP contribution < -0.4 is 5.32 Å². The molecule has 3 aliphatic heterocycles. The molecule has 1 unspecified atom stereocenters. The Morgan fingerprint density at radius 1 is 1.04 bits per heavy atom. The number of fused-ring (bicyclic) bond motifs is 1. The normalized spacial score (nSPS) is 34.5. The van der Waals surface area contributed by atoms with Crippen LogP contribution in [0, 0.1) is 17.3 Å². The summed E-state index contributed by atoms with van der Waals surface area (Å²) in [7, 11) is 0. The van der Waals surface area contributed by atoms with E-state index in [4.69, 9.17) is 0 Å². The second kappa shape index (κ2) is 7.10. The molecule has 1 aromatic rings. The molecule has 0 aromatic heterocycles. The van der Waals surface area contributed by atoms with Crippen LogP contribution in [0.2, 0.25) is 0 Å². The molecule has 1 aromatic carbocycles. The molecule has 3 nitrogen and oxygen atoms in total. The van der Waals surface area contributed by atoms with E-state index in [2.05, 4.69) is 52.4 Å². The first-order chi connectivity index (χ1) is 10.7. The van der Waals surface area contributed by atoms with Crippen LogP contribution in [0.3, 0.4) is 0 Å². The lowest BCUT2D eigenvalue weighted by Gasteiger charge is -2.30. The van der Waals surface area contributed by atoms with Crippen LogP contribution in [0.25, 0.3) is 0 Å². The fourth-order valence-electron chi connectivity index (χ4n) is 4.83. The van der Waals surface area contributed by atoms with Crippen LogP contribution in [0.15, 0.2) is 30.3 Å². The Hall–Kier alpha value is -0.610. The van der Waals surface area contributed by atoms with E-state index < -0.39 is 0 Å². The molecular weight excluding hydrogens is 306 g/mol. The van der Waals surface area contributed by atoms with E-state index in [-0.39, 0.29) is 12.4 Å². The van der Waals surface area contributed by atoms with Crippen molar-refractivity contribution in [1.82, 2.24) is 15.1 Å². The molecule has 23 heavy (non-hydrogen) atoms. The highest BCUT2D eigenvalue weighted by Gasteiger charge is 2.42. The standard InChI is InChI=1S/C19H29N3.ClH/c1-19(7-8-20-14-19)15-22-12-17-10-21(11-18(17)13-22)9-16-5-3-2-4-6-16;/h2-6,17-18,20H,7-15H2,1H3;1H/t17-,18+,19?;. The highest BCUT2D eigenvalue weighted by Crippen LogP contribution is 2.35. The highest BCUT2D eigenvalue weighted by atomic mass is 35.5. The van der Waals surface area contributed by atoms with Gasteiger partial charge in [0, 0.05) is 45.8 Å². The molecule has 1 N–H and O–H groups in total. The number of nitrogens with one attached hydrogen (secondary N) is 1. The molecule has 0 bridgehead atoms. The van der Waals surface area contributed by atoms with Crippen LogP contribution in [-0.2, 0) is 6.54 Å². The van der Waals surface area contributed by atoms with E-state index in [0.717, 1.165) is 18.4 Å². The Kier molecular flexibility index (Phi) is 5.32. The van der Waals surface area contributed by atoms with E-state index in [1.807, 2.05) is 0 Å².